The number of ketones is 3. The van der Waals surface area contributed by atoms with E-state index in [1.54, 1.807) is 68.0 Å². The minimum absolute atomic E-state index is 0.0197. The van der Waals surface area contributed by atoms with E-state index in [1.165, 1.54) is 11.9 Å². The van der Waals surface area contributed by atoms with E-state index >= 15 is 0 Å². The second-order valence-electron chi connectivity index (χ2n) is 23.6. The van der Waals surface area contributed by atoms with Crippen LogP contribution in [0.3, 0.4) is 0 Å². The lowest BCUT2D eigenvalue weighted by Gasteiger charge is -2.41. The number of hydrogen-bond donors (Lipinski definition) is 4. The number of nitrogens with zero attached hydrogens (tertiary/aromatic N) is 4. The van der Waals surface area contributed by atoms with Gasteiger partial charge in [-0.3, -0.25) is 28.8 Å². The van der Waals surface area contributed by atoms with Gasteiger partial charge in [-0.15, -0.1) is 11.3 Å². The van der Waals surface area contributed by atoms with Gasteiger partial charge in [0.15, 0.2) is 11.6 Å². The molecule has 2 aromatic carbocycles. The van der Waals surface area contributed by atoms with Crippen molar-refractivity contribution < 1.29 is 52.6 Å². The zero-order valence-corrected chi connectivity index (χ0v) is 52.3. The van der Waals surface area contributed by atoms with Crippen molar-refractivity contribution in [3.05, 3.63) is 82.3 Å². The Balaban J connectivity index is 1.41. The Morgan fingerprint density at radius 2 is 1.47 bits per heavy atom. The summed E-state index contributed by atoms with van der Waals surface area (Å²) in [5, 5.41) is 8.19. The number of urea groups is 1. The predicted octanol–water partition coefficient (Wildman–Crippen LogP) is 8.82. The number of anilines is 1. The minimum atomic E-state index is -0.924. The Morgan fingerprint density at radius 1 is 0.795 bits per heavy atom. The van der Waals surface area contributed by atoms with E-state index in [4.69, 9.17) is 25.7 Å². The summed E-state index contributed by atoms with van der Waals surface area (Å²) in [6.07, 6.45) is 3.31. The van der Waals surface area contributed by atoms with Crippen LogP contribution in [-0.2, 0) is 56.0 Å². The average molecular weight is 1170 g/mol. The highest BCUT2D eigenvalue weighted by atomic mass is 32.1. The largest absolute Gasteiger partial charge is 0.445 e. The number of thiazole rings is 1. The van der Waals surface area contributed by atoms with E-state index in [2.05, 4.69) is 27.8 Å². The number of amides is 6. The van der Waals surface area contributed by atoms with E-state index in [-0.39, 0.29) is 110 Å². The Bertz CT molecular complexity index is 2550. The number of ether oxygens (including phenoxy) is 3. The van der Waals surface area contributed by atoms with Crippen LogP contribution in [0.1, 0.15) is 142 Å². The Morgan fingerprint density at radius 3 is 2.04 bits per heavy atom. The van der Waals surface area contributed by atoms with Gasteiger partial charge in [0.25, 0.3) is 0 Å². The summed E-state index contributed by atoms with van der Waals surface area (Å²) >= 11 is 1.54. The number of aromatic nitrogens is 1. The summed E-state index contributed by atoms with van der Waals surface area (Å²) in [5.74, 6) is -4.21. The smallest absolute Gasteiger partial charge is 0.410 e. The van der Waals surface area contributed by atoms with Crippen molar-refractivity contribution in [3.8, 4) is 0 Å². The average Bonchev–Trinajstić information content (AvgIpc) is 4.39. The molecule has 19 nitrogen and oxygen atoms in total. The minimum Gasteiger partial charge on any atom is -0.445 e. The second-order valence-corrected chi connectivity index (χ2v) is 24.6. The maximum Gasteiger partial charge on any atom is 0.410 e. The van der Waals surface area contributed by atoms with Gasteiger partial charge in [-0.05, 0) is 79.0 Å². The first-order valence-electron chi connectivity index (χ1n) is 29.6. The number of likely N-dealkylation sites (tertiary alicyclic amines) is 1. The number of carbonyl (C=O) groups is 8. The number of methoxy groups -OCH3 is 2. The van der Waals surface area contributed by atoms with E-state index < -0.39 is 60.2 Å². The molecule has 0 spiro atoms. The highest BCUT2D eigenvalue weighted by molar-refractivity contribution is 7.09. The molecule has 1 fully saturated rings. The molecule has 0 bridgehead atoms. The van der Waals surface area contributed by atoms with E-state index in [0.29, 0.717) is 49.9 Å². The van der Waals surface area contributed by atoms with Crippen LogP contribution in [0, 0.1) is 41.4 Å². The van der Waals surface area contributed by atoms with E-state index in [1.807, 2.05) is 90.8 Å². The first-order valence-corrected chi connectivity index (χ1v) is 30.4. The van der Waals surface area contributed by atoms with Crippen molar-refractivity contribution >= 4 is 64.2 Å². The maximum absolute atomic E-state index is 14.9. The van der Waals surface area contributed by atoms with Crippen LogP contribution in [-0.4, -0.2) is 145 Å². The van der Waals surface area contributed by atoms with Crippen LogP contribution >= 0.6 is 11.3 Å². The van der Waals surface area contributed by atoms with Gasteiger partial charge >= 0.3 is 12.1 Å². The molecule has 2 heterocycles. The number of benzene rings is 2. The molecule has 4 rings (SSSR count). The van der Waals surface area contributed by atoms with Crippen molar-refractivity contribution in [2.75, 3.05) is 46.7 Å². The normalized spacial score (nSPS) is 17.1. The maximum atomic E-state index is 14.9. The van der Waals surface area contributed by atoms with Crippen LogP contribution in [0.2, 0.25) is 0 Å². The second kappa shape index (κ2) is 34.0. The van der Waals surface area contributed by atoms with Gasteiger partial charge in [0.1, 0.15) is 12.4 Å². The van der Waals surface area contributed by atoms with Crippen molar-refractivity contribution in [2.24, 2.45) is 52.9 Å². The molecule has 20 heteroatoms. The van der Waals surface area contributed by atoms with Gasteiger partial charge in [0.2, 0.25) is 17.7 Å². The number of nitrogens with one attached hydrogen (secondary N) is 2. The highest BCUT2D eigenvalue weighted by Gasteiger charge is 2.44. The Labute approximate surface area is 497 Å². The lowest BCUT2D eigenvalue weighted by molar-refractivity contribution is -0.149. The van der Waals surface area contributed by atoms with Gasteiger partial charge in [0, 0.05) is 102 Å². The molecule has 3 aromatic rings. The summed E-state index contributed by atoms with van der Waals surface area (Å²) in [5.41, 5.74) is 13.5. The van der Waals surface area contributed by atoms with Crippen LogP contribution in [0.25, 0.3) is 0 Å². The number of hydrogen-bond acceptors (Lipinski definition) is 14. The molecule has 83 heavy (non-hydrogen) atoms. The summed E-state index contributed by atoms with van der Waals surface area (Å²) in [4.78, 5) is 119. The molecule has 0 aliphatic carbocycles. The van der Waals surface area contributed by atoms with Crippen molar-refractivity contribution in [1.29, 1.82) is 0 Å². The number of primary amides is 1. The van der Waals surface area contributed by atoms with Crippen LogP contribution in [0.15, 0.2) is 66.2 Å². The topological polar surface area (TPSA) is 263 Å². The third-order valence-electron chi connectivity index (χ3n) is 16.7. The molecule has 1 aliphatic rings. The highest BCUT2D eigenvalue weighted by Crippen LogP contribution is 2.34. The molecule has 6 amide bonds. The third kappa shape index (κ3) is 20.3. The molecule has 6 N–H and O–H groups in total. The quantitative estimate of drug-likeness (QED) is 0.0402. The first-order chi connectivity index (χ1) is 39.3. The van der Waals surface area contributed by atoms with Crippen LogP contribution in [0.5, 0.6) is 0 Å². The molecular formula is C63H96N8O11S. The van der Waals surface area contributed by atoms with Gasteiger partial charge in [0.05, 0.1) is 47.8 Å². The standard InChI is InChI=1S/C63H96N8O11S/c1-14-41(8)57(53(80-12)36-54(75)71-30-19-23-49(71)58(81-13)42(9)50(72)34-46(60-66-29-31-83-60)32-43-20-16-15-17-21-43)69(10)61(77)48(38(2)3)35-52(74)56(40(6)7)70(11)63(79)82-37-44-24-26-47(27-25-44)68-59(76)45(22-18-28-67-62(65)78)33-51(73)55(64)39(4)5/h15-17,20-21,24-27,29,31,38-42,45-46,48-49,53,55-58H,14,18-19,22-23,28,30,32-37,64H2,1-13H3,(H,68,76)(H3,65,67,78)/t41-,42-,45+,46+,48-,49-,53+,55-,56-,57-,58+/m0/s1. The zero-order valence-electron chi connectivity index (χ0n) is 51.5. The monoisotopic (exact) mass is 1170 g/mol. The fraction of sp³-hybridized carbons (Fsp3) is 0.635. The SMILES string of the molecule is CC[C@H](C)[C@@H]([C@@H](CC(=O)N1CCC[C@H]1[C@H](OC)[C@@H](C)C(=O)C[C@@H](Cc1ccccc1)c1nccs1)OC)N(C)C(=O)[C@@H](CC(=O)[C@H](C(C)C)N(C)C(=O)OCc1ccc(NC(=O)[C@H](CCCNC(N)=O)CC(=O)[C@@H](N)C(C)C)cc1)C(C)C. The van der Waals surface area contributed by atoms with Crippen LogP contribution < -0.4 is 22.1 Å². The van der Waals surface area contributed by atoms with E-state index in [9.17, 15) is 38.4 Å². The summed E-state index contributed by atoms with van der Waals surface area (Å²) in [6, 6.07) is 13.5. The third-order valence-corrected chi connectivity index (χ3v) is 17.6. The van der Waals surface area contributed by atoms with Gasteiger partial charge < -0.3 is 51.0 Å². The predicted molar refractivity (Wildman–Crippen MR) is 323 cm³/mol. The fourth-order valence-electron chi connectivity index (χ4n) is 11.5. The van der Waals surface area contributed by atoms with Crippen molar-refractivity contribution in [2.45, 2.75) is 175 Å². The number of Topliss-reactive ketones (excluding diaryl/α,β-unsaturated/α-hetero) is 3. The summed E-state index contributed by atoms with van der Waals surface area (Å²) < 4.78 is 18.0. The lowest BCUT2D eigenvalue weighted by Crippen LogP contribution is -2.54. The van der Waals surface area contributed by atoms with Crippen molar-refractivity contribution in [1.82, 2.24) is 25.0 Å². The Kier molecular flexibility index (Phi) is 28.4. The van der Waals surface area contributed by atoms with Gasteiger partial charge in [-0.1, -0.05) is 111 Å². The Hall–Kier alpha value is -6.09. The molecule has 1 aromatic heterocycles. The van der Waals surface area contributed by atoms with Crippen LogP contribution in [0.4, 0.5) is 15.3 Å². The number of carbonyl (C=O) groups excluding carboxylic acids is 8. The van der Waals surface area contributed by atoms with Gasteiger partial charge in [-0.2, -0.15) is 0 Å². The molecule has 1 saturated heterocycles. The molecule has 1 aliphatic heterocycles. The number of rotatable bonds is 35. The zero-order chi connectivity index (χ0) is 61.7. The molecule has 11 atom stereocenters. The number of nitrogens with two attached hydrogens (primary N) is 2. The fourth-order valence-corrected chi connectivity index (χ4v) is 12.3. The first kappa shape index (κ1) is 69.4. The summed E-state index contributed by atoms with van der Waals surface area (Å²) in [6.45, 7) is 17.7. The lowest BCUT2D eigenvalue weighted by atomic mass is 9.83. The van der Waals surface area contributed by atoms with Crippen molar-refractivity contribution in [3.63, 3.8) is 0 Å². The van der Waals surface area contributed by atoms with Gasteiger partial charge in [-0.25, -0.2) is 14.6 Å². The molecule has 460 valence electrons. The molecule has 0 radical (unpaired) electrons. The van der Waals surface area contributed by atoms with E-state index in [0.717, 1.165) is 17.0 Å². The summed E-state index contributed by atoms with van der Waals surface area (Å²) in [7, 11) is 6.36. The molecular weight excluding hydrogens is 1080 g/mol. The molecule has 0 unspecified atom stereocenters. The molecule has 0 saturated carbocycles. The number of likely N-dealkylation sites (N-methyl/N-ethyl adjacent to an activating group) is 2.